The van der Waals surface area contributed by atoms with Crippen LogP contribution in [-0.2, 0) is 11.3 Å². The molecular weight excluding hydrogens is 328 g/mol. The minimum absolute atomic E-state index is 0.0188. The zero-order valence-electron chi connectivity index (χ0n) is 11.4. The Morgan fingerprint density at radius 3 is 2.55 bits per heavy atom. The molecule has 1 aliphatic heterocycles. The molecule has 6 heteroatoms. The smallest absolute Gasteiger partial charge is 0.234 e. The van der Waals surface area contributed by atoms with E-state index in [1.165, 1.54) is 17.8 Å². The monoisotopic (exact) mass is 339 g/mol. The fraction of sp³-hybridized carbons (Fsp3) is 0.188. The molecule has 1 amide bonds. The van der Waals surface area contributed by atoms with Crippen LogP contribution in [0.15, 0.2) is 42.5 Å². The second kappa shape index (κ2) is 6.26. The molecule has 0 bridgehead atoms. The molecule has 0 aromatic heterocycles. The van der Waals surface area contributed by atoms with Gasteiger partial charge in [-0.2, -0.15) is 0 Å². The summed E-state index contributed by atoms with van der Waals surface area (Å²) in [4.78, 5) is 13.8. The van der Waals surface area contributed by atoms with E-state index in [2.05, 4.69) is 0 Å². The molecule has 2 aromatic carbocycles. The molecule has 0 spiro atoms. The number of amides is 1. The summed E-state index contributed by atoms with van der Waals surface area (Å²) in [5.41, 5.74) is 1.52. The van der Waals surface area contributed by atoms with Crippen molar-refractivity contribution in [2.45, 2.75) is 11.9 Å². The third-order valence-electron chi connectivity index (χ3n) is 3.46. The van der Waals surface area contributed by atoms with Gasteiger partial charge in [-0.1, -0.05) is 29.8 Å². The largest absolute Gasteiger partial charge is 0.322 e. The van der Waals surface area contributed by atoms with E-state index in [4.69, 9.17) is 11.6 Å². The highest BCUT2D eigenvalue weighted by Gasteiger charge is 2.32. The van der Waals surface area contributed by atoms with E-state index < -0.39 is 11.6 Å². The van der Waals surface area contributed by atoms with Crippen LogP contribution in [0.3, 0.4) is 0 Å². The normalized spacial score (nSPS) is 18.0. The van der Waals surface area contributed by atoms with E-state index in [1.807, 2.05) is 12.1 Å². The molecule has 1 saturated heterocycles. The molecule has 0 aliphatic carbocycles. The van der Waals surface area contributed by atoms with Gasteiger partial charge in [0.25, 0.3) is 0 Å². The summed E-state index contributed by atoms with van der Waals surface area (Å²) < 4.78 is 26.3. The van der Waals surface area contributed by atoms with Crippen LogP contribution in [-0.4, -0.2) is 16.6 Å². The molecule has 1 aliphatic rings. The van der Waals surface area contributed by atoms with E-state index in [0.717, 1.165) is 17.7 Å². The summed E-state index contributed by atoms with van der Waals surface area (Å²) in [5.74, 6) is -1.44. The average molecular weight is 340 g/mol. The molecule has 1 unspecified atom stereocenters. The van der Waals surface area contributed by atoms with Gasteiger partial charge in [-0.25, -0.2) is 8.78 Å². The molecule has 2 aromatic rings. The van der Waals surface area contributed by atoms with Crippen molar-refractivity contribution in [1.29, 1.82) is 0 Å². The Morgan fingerprint density at radius 2 is 1.86 bits per heavy atom. The average Bonchev–Trinajstić information content (AvgIpc) is 2.85. The summed E-state index contributed by atoms with van der Waals surface area (Å²) in [6.45, 7) is 0.246. The Hall–Kier alpha value is -1.59. The lowest BCUT2D eigenvalue weighted by molar-refractivity contribution is -0.128. The topological polar surface area (TPSA) is 20.3 Å². The van der Waals surface area contributed by atoms with Crippen LogP contribution in [0.4, 0.5) is 8.78 Å². The second-order valence-corrected chi connectivity index (χ2v) is 6.49. The predicted octanol–water partition coefficient (Wildman–Crippen LogP) is 4.39. The van der Waals surface area contributed by atoms with Gasteiger partial charge in [0.1, 0.15) is 5.37 Å². The predicted molar refractivity (Wildman–Crippen MR) is 83.6 cm³/mol. The molecule has 114 valence electrons. The first-order chi connectivity index (χ1) is 10.5. The zero-order chi connectivity index (χ0) is 15.7. The van der Waals surface area contributed by atoms with Gasteiger partial charge in [0.15, 0.2) is 11.6 Å². The highest BCUT2D eigenvalue weighted by atomic mass is 35.5. The Bertz CT molecular complexity index is 708. The van der Waals surface area contributed by atoms with Gasteiger partial charge in [-0.15, -0.1) is 11.8 Å². The fourth-order valence-corrected chi connectivity index (χ4v) is 3.68. The molecule has 0 saturated carbocycles. The number of benzene rings is 2. The van der Waals surface area contributed by atoms with E-state index in [0.29, 0.717) is 16.3 Å². The number of halogens is 3. The number of thioether (sulfide) groups is 1. The van der Waals surface area contributed by atoms with Gasteiger partial charge in [-0.05, 0) is 35.4 Å². The Balaban J connectivity index is 1.84. The summed E-state index contributed by atoms with van der Waals surface area (Å²) in [6, 6.07) is 11.0. The summed E-state index contributed by atoms with van der Waals surface area (Å²) in [5, 5.41) is 0.489. The second-order valence-electron chi connectivity index (χ2n) is 4.99. The van der Waals surface area contributed by atoms with E-state index in [9.17, 15) is 13.6 Å². The number of nitrogens with zero attached hydrogens (tertiary/aromatic N) is 1. The zero-order valence-corrected chi connectivity index (χ0v) is 13.0. The molecule has 1 fully saturated rings. The third-order valence-corrected chi connectivity index (χ3v) is 4.97. The SMILES string of the molecule is O=C1CSC(c2ccc(Cl)cc2)N1Cc1ccc(F)c(F)c1. The number of hydrogen-bond acceptors (Lipinski definition) is 2. The van der Waals surface area contributed by atoms with Crippen molar-refractivity contribution in [3.05, 3.63) is 70.2 Å². The van der Waals surface area contributed by atoms with Gasteiger partial charge in [0.2, 0.25) is 5.91 Å². The molecule has 2 nitrogen and oxygen atoms in total. The number of hydrogen-bond donors (Lipinski definition) is 0. The van der Waals surface area contributed by atoms with Crippen molar-refractivity contribution in [1.82, 2.24) is 4.90 Å². The van der Waals surface area contributed by atoms with Crippen LogP contribution in [0.25, 0.3) is 0 Å². The van der Waals surface area contributed by atoms with Crippen molar-refractivity contribution >= 4 is 29.3 Å². The van der Waals surface area contributed by atoms with Gasteiger partial charge in [0, 0.05) is 11.6 Å². The number of carbonyl (C=O) groups is 1. The summed E-state index contributed by atoms with van der Waals surface area (Å²) in [6.07, 6.45) is 0. The highest BCUT2D eigenvalue weighted by Crippen LogP contribution is 2.39. The molecule has 3 rings (SSSR count). The fourth-order valence-electron chi connectivity index (χ4n) is 2.36. The quantitative estimate of drug-likeness (QED) is 0.826. The van der Waals surface area contributed by atoms with Crippen molar-refractivity contribution in [3.63, 3.8) is 0 Å². The summed E-state index contributed by atoms with van der Waals surface area (Å²) >= 11 is 7.39. The van der Waals surface area contributed by atoms with Crippen molar-refractivity contribution in [2.24, 2.45) is 0 Å². The van der Waals surface area contributed by atoms with Crippen LogP contribution in [0, 0.1) is 11.6 Å². The van der Waals surface area contributed by atoms with Crippen molar-refractivity contribution in [3.8, 4) is 0 Å². The molecule has 0 radical (unpaired) electrons. The lowest BCUT2D eigenvalue weighted by Crippen LogP contribution is -2.27. The van der Waals surface area contributed by atoms with Crippen LogP contribution in [0.2, 0.25) is 5.02 Å². The lowest BCUT2D eigenvalue weighted by atomic mass is 10.1. The number of rotatable bonds is 3. The first kappa shape index (κ1) is 15.3. The minimum Gasteiger partial charge on any atom is -0.322 e. The first-order valence-corrected chi connectivity index (χ1v) is 8.08. The Morgan fingerprint density at radius 1 is 1.14 bits per heavy atom. The van der Waals surface area contributed by atoms with Crippen molar-refractivity contribution in [2.75, 3.05) is 5.75 Å². The molecule has 1 atom stereocenters. The Labute approximate surface area is 136 Å². The molecule has 22 heavy (non-hydrogen) atoms. The number of carbonyl (C=O) groups excluding carboxylic acids is 1. The van der Waals surface area contributed by atoms with Gasteiger partial charge >= 0.3 is 0 Å². The maximum atomic E-state index is 13.3. The standard InChI is InChI=1S/C16H12ClF2NOS/c17-12-4-2-11(3-5-12)16-20(15(21)9-22-16)8-10-1-6-13(18)14(19)7-10/h1-7,16H,8-9H2. The van der Waals surface area contributed by atoms with Crippen LogP contribution in [0.5, 0.6) is 0 Å². The Kier molecular flexibility index (Phi) is 4.36. The van der Waals surface area contributed by atoms with Gasteiger partial charge in [0.05, 0.1) is 5.75 Å². The third kappa shape index (κ3) is 3.10. The maximum Gasteiger partial charge on any atom is 0.234 e. The van der Waals surface area contributed by atoms with Crippen molar-refractivity contribution < 1.29 is 13.6 Å². The highest BCUT2D eigenvalue weighted by molar-refractivity contribution is 8.00. The van der Waals surface area contributed by atoms with E-state index in [1.54, 1.807) is 17.0 Å². The van der Waals surface area contributed by atoms with Gasteiger partial charge < -0.3 is 4.90 Å². The van der Waals surface area contributed by atoms with Crippen LogP contribution >= 0.6 is 23.4 Å². The van der Waals surface area contributed by atoms with E-state index >= 15 is 0 Å². The van der Waals surface area contributed by atoms with Crippen LogP contribution in [0.1, 0.15) is 16.5 Å². The summed E-state index contributed by atoms with van der Waals surface area (Å²) in [7, 11) is 0. The maximum absolute atomic E-state index is 13.3. The van der Waals surface area contributed by atoms with Crippen LogP contribution < -0.4 is 0 Å². The lowest BCUT2D eigenvalue weighted by Gasteiger charge is -2.24. The molecular formula is C16H12ClF2NOS. The molecule has 1 heterocycles. The first-order valence-electron chi connectivity index (χ1n) is 6.65. The van der Waals surface area contributed by atoms with Gasteiger partial charge in [-0.3, -0.25) is 4.79 Å². The van der Waals surface area contributed by atoms with E-state index in [-0.39, 0.29) is 17.8 Å². The molecule has 0 N–H and O–H groups in total. The minimum atomic E-state index is -0.903.